The molecule has 5 heteroatoms. The van der Waals surface area contributed by atoms with Crippen LogP contribution in [0.15, 0.2) is 72.9 Å². The van der Waals surface area contributed by atoms with Crippen molar-refractivity contribution < 1.29 is 15.3 Å². The van der Waals surface area contributed by atoms with Crippen LogP contribution in [0.4, 0.5) is 0 Å². The average molecular weight is 489 g/mol. The standard InChI is InChI=1S/C30H52N2O3/c1-26(31)29(34)24-20-18-16-14-12-10-8-6-4-3-5-7-9-11-13-15-17-19-22-28(33)23-21-25-30(35)27(2)32/h3-4,7-10,13,15,19,21-22,25-30,33-35H,5-6,11-12,14,16-18,20,23-24,31-32H2,1-2H3. The van der Waals surface area contributed by atoms with Crippen LogP contribution in [0.3, 0.4) is 0 Å². The summed E-state index contributed by atoms with van der Waals surface area (Å²) < 4.78 is 0. The monoisotopic (exact) mass is 488 g/mol. The summed E-state index contributed by atoms with van der Waals surface area (Å²) in [6.07, 6.45) is 33.7. The van der Waals surface area contributed by atoms with Crippen molar-refractivity contribution in [1.29, 1.82) is 0 Å². The van der Waals surface area contributed by atoms with Gasteiger partial charge in [0.05, 0.1) is 18.3 Å². The van der Waals surface area contributed by atoms with Gasteiger partial charge in [-0.05, 0) is 65.2 Å². The number of aliphatic hydroxyl groups excluding tert-OH is 3. The van der Waals surface area contributed by atoms with E-state index in [-0.39, 0.29) is 18.2 Å². The number of nitrogens with two attached hydrogens (primary N) is 2. The summed E-state index contributed by atoms with van der Waals surface area (Å²) in [4.78, 5) is 0. The summed E-state index contributed by atoms with van der Waals surface area (Å²) in [7, 11) is 0. The normalized spacial score (nSPS) is 17.6. The smallest absolute Gasteiger partial charge is 0.0869 e. The Labute approximate surface area is 214 Å². The van der Waals surface area contributed by atoms with Crippen molar-refractivity contribution in [2.24, 2.45) is 11.5 Å². The molecule has 5 atom stereocenters. The van der Waals surface area contributed by atoms with Crippen LogP contribution in [0.1, 0.15) is 84.5 Å². The molecule has 0 aliphatic rings. The molecule has 0 aromatic rings. The molecule has 0 amide bonds. The molecule has 0 saturated carbocycles. The molecule has 0 bridgehead atoms. The van der Waals surface area contributed by atoms with Crippen LogP contribution in [0.5, 0.6) is 0 Å². The molecular weight excluding hydrogens is 436 g/mol. The van der Waals surface area contributed by atoms with E-state index >= 15 is 0 Å². The number of hydrogen-bond acceptors (Lipinski definition) is 5. The van der Waals surface area contributed by atoms with Crippen LogP contribution in [-0.4, -0.2) is 45.7 Å². The summed E-state index contributed by atoms with van der Waals surface area (Å²) in [5.74, 6) is 0. The first-order valence-electron chi connectivity index (χ1n) is 13.3. The fourth-order valence-corrected chi connectivity index (χ4v) is 3.18. The van der Waals surface area contributed by atoms with E-state index in [2.05, 4.69) is 48.6 Å². The molecule has 0 aromatic carbocycles. The highest BCUT2D eigenvalue weighted by atomic mass is 16.3. The van der Waals surface area contributed by atoms with Gasteiger partial charge in [-0.3, -0.25) is 0 Å². The summed E-state index contributed by atoms with van der Waals surface area (Å²) in [6.45, 7) is 3.60. The second-order valence-electron chi connectivity index (χ2n) is 9.26. The quantitative estimate of drug-likeness (QED) is 0.110. The van der Waals surface area contributed by atoms with Gasteiger partial charge in [-0.25, -0.2) is 0 Å². The minimum absolute atomic E-state index is 0.124. The maximum Gasteiger partial charge on any atom is 0.0869 e. The lowest BCUT2D eigenvalue weighted by molar-refractivity contribution is 0.138. The zero-order valence-corrected chi connectivity index (χ0v) is 22.1. The lowest BCUT2D eigenvalue weighted by Crippen LogP contribution is -2.31. The van der Waals surface area contributed by atoms with Crippen molar-refractivity contribution in [3.63, 3.8) is 0 Å². The highest BCUT2D eigenvalue weighted by Crippen LogP contribution is 2.09. The topological polar surface area (TPSA) is 113 Å². The minimum atomic E-state index is -0.668. The Kier molecular flexibility index (Phi) is 22.8. The van der Waals surface area contributed by atoms with Crippen LogP contribution in [0.2, 0.25) is 0 Å². The van der Waals surface area contributed by atoms with E-state index in [1.807, 2.05) is 13.0 Å². The Bertz CT molecular complexity index is 648. The molecule has 0 aliphatic carbocycles. The van der Waals surface area contributed by atoms with Gasteiger partial charge in [-0.15, -0.1) is 0 Å². The summed E-state index contributed by atoms with van der Waals surface area (Å²) in [5.41, 5.74) is 11.2. The van der Waals surface area contributed by atoms with Crippen molar-refractivity contribution in [3.05, 3.63) is 72.9 Å². The number of hydrogen-bond donors (Lipinski definition) is 5. The molecule has 0 rings (SSSR count). The third-order valence-electron chi connectivity index (χ3n) is 5.59. The Hall–Kier alpha value is -1.76. The van der Waals surface area contributed by atoms with Gasteiger partial charge < -0.3 is 26.8 Å². The highest BCUT2D eigenvalue weighted by molar-refractivity contribution is 5.02. The zero-order chi connectivity index (χ0) is 26.2. The molecule has 200 valence electrons. The van der Waals surface area contributed by atoms with E-state index in [0.717, 1.165) is 44.9 Å². The van der Waals surface area contributed by atoms with Crippen molar-refractivity contribution in [1.82, 2.24) is 0 Å². The van der Waals surface area contributed by atoms with E-state index < -0.39 is 12.2 Å². The second kappa shape index (κ2) is 24.0. The molecule has 0 heterocycles. The predicted molar refractivity (Wildman–Crippen MR) is 151 cm³/mol. The van der Waals surface area contributed by atoms with E-state index in [0.29, 0.717) is 6.42 Å². The van der Waals surface area contributed by atoms with Gasteiger partial charge in [-0.2, -0.15) is 0 Å². The van der Waals surface area contributed by atoms with Gasteiger partial charge in [0.15, 0.2) is 0 Å². The van der Waals surface area contributed by atoms with E-state index in [9.17, 15) is 15.3 Å². The van der Waals surface area contributed by atoms with Crippen LogP contribution in [-0.2, 0) is 0 Å². The van der Waals surface area contributed by atoms with E-state index in [1.54, 1.807) is 25.2 Å². The molecule has 5 unspecified atom stereocenters. The van der Waals surface area contributed by atoms with Gasteiger partial charge in [0.25, 0.3) is 0 Å². The number of rotatable bonds is 21. The molecule has 0 fully saturated rings. The molecule has 0 aromatic heterocycles. The maximum atomic E-state index is 9.87. The van der Waals surface area contributed by atoms with Crippen LogP contribution in [0.25, 0.3) is 0 Å². The molecule has 0 radical (unpaired) electrons. The van der Waals surface area contributed by atoms with Gasteiger partial charge >= 0.3 is 0 Å². The second-order valence-corrected chi connectivity index (χ2v) is 9.26. The van der Waals surface area contributed by atoms with Crippen molar-refractivity contribution in [3.8, 4) is 0 Å². The third kappa shape index (κ3) is 23.7. The molecule has 5 nitrogen and oxygen atoms in total. The largest absolute Gasteiger partial charge is 0.392 e. The van der Waals surface area contributed by atoms with E-state index in [1.165, 1.54) is 19.3 Å². The fraction of sp³-hybridized carbons (Fsp3) is 0.600. The molecular formula is C30H52N2O3. The summed E-state index contributed by atoms with van der Waals surface area (Å²) in [6, 6.07) is -0.429. The number of unbranched alkanes of at least 4 members (excludes halogenated alkanes) is 4. The molecule has 0 aliphatic heterocycles. The van der Waals surface area contributed by atoms with Crippen molar-refractivity contribution >= 4 is 0 Å². The van der Waals surface area contributed by atoms with Crippen molar-refractivity contribution in [2.45, 2.75) is 115 Å². The first kappa shape index (κ1) is 33.2. The average Bonchev–Trinajstić information content (AvgIpc) is 2.82. The lowest BCUT2D eigenvalue weighted by Gasteiger charge is -2.13. The highest BCUT2D eigenvalue weighted by Gasteiger charge is 2.08. The number of aliphatic hydroxyl groups is 3. The minimum Gasteiger partial charge on any atom is -0.392 e. The zero-order valence-electron chi connectivity index (χ0n) is 22.1. The molecule has 0 saturated heterocycles. The number of allylic oxidation sites excluding steroid dienone is 9. The van der Waals surface area contributed by atoms with Crippen LogP contribution in [0, 0.1) is 0 Å². The Morgan fingerprint density at radius 2 is 1.09 bits per heavy atom. The van der Waals surface area contributed by atoms with Gasteiger partial charge in [0, 0.05) is 12.1 Å². The Balaban J connectivity index is 3.64. The third-order valence-corrected chi connectivity index (χ3v) is 5.59. The molecule has 7 N–H and O–H groups in total. The van der Waals surface area contributed by atoms with E-state index in [4.69, 9.17) is 11.5 Å². The Morgan fingerprint density at radius 3 is 1.63 bits per heavy atom. The van der Waals surface area contributed by atoms with Gasteiger partial charge in [0.1, 0.15) is 0 Å². The maximum absolute atomic E-state index is 9.87. The molecule has 35 heavy (non-hydrogen) atoms. The first-order chi connectivity index (χ1) is 16.8. The molecule has 0 spiro atoms. The lowest BCUT2D eigenvalue weighted by atomic mass is 10.0. The van der Waals surface area contributed by atoms with Crippen LogP contribution >= 0.6 is 0 Å². The fourth-order valence-electron chi connectivity index (χ4n) is 3.18. The first-order valence-corrected chi connectivity index (χ1v) is 13.3. The van der Waals surface area contributed by atoms with Crippen LogP contribution < -0.4 is 11.5 Å². The van der Waals surface area contributed by atoms with Gasteiger partial charge in [-0.1, -0.05) is 92.2 Å². The predicted octanol–water partition coefficient (Wildman–Crippen LogP) is 5.39. The summed E-state index contributed by atoms with van der Waals surface area (Å²) in [5, 5.41) is 29.1. The van der Waals surface area contributed by atoms with Crippen molar-refractivity contribution in [2.75, 3.05) is 0 Å². The van der Waals surface area contributed by atoms with Gasteiger partial charge in [0.2, 0.25) is 0 Å². The Morgan fingerprint density at radius 1 is 0.571 bits per heavy atom. The SMILES string of the molecule is CC(N)C(O)C=CCC(O)C=CCC=CCC=CCC=CCC=CCCCCCCC(O)C(C)N. The summed E-state index contributed by atoms with van der Waals surface area (Å²) >= 11 is 0.